The number of nitrogens with one attached hydrogen (secondary N) is 2. The van der Waals surface area contributed by atoms with Crippen LogP contribution in [0.25, 0.3) is 16.5 Å². The predicted octanol–water partition coefficient (Wildman–Crippen LogP) is 4.03. The fraction of sp³-hybridized carbons (Fsp3) is 0.143. The van der Waals surface area contributed by atoms with Crippen LogP contribution in [0.5, 0.6) is 0 Å². The van der Waals surface area contributed by atoms with Crippen LogP contribution in [0, 0.1) is 3.57 Å². The molecule has 1 aromatic carbocycles. The molecule has 0 saturated carbocycles. The third kappa shape index (κ3) is 3.47. The number of aromatic amines is 1. The van der Waals surface area contributed by atoms with Crippen molar-refractivity contribution in [1.29, 1.82) is 0 Å². The highest BCUT2D eigenvalue weighted by Crippen LogP contribution is 2.28. The highest BCUT2D eigenvalue weighted by molar-refractivity contribution is 14.1. The topological polar surface area (TPSA) is 92.7 Å². The van der Waals surface area contributed by atoms with Crippen LogP contribution < -0.4 is 10.9 Å². The molecule has 3 aromatic heterocycles. The summed E-state index contributed by atoms with van der Waals surface area (Å²) in [4.78, 5) is 33.9. The van der Waals surface area contributed by atoms with Crippen LogP contribution in [0.2, 0.25) is 0 Å². The summed E-state index contributed by atoms with van der Waals surface area (Å²) >= 11 is 3.69. The molecule has 150 valence electrons. The van der Waals surface area contributed by atoms with E-state index >= 15 is 0 Å². The molecule has 9 heteroatoms. The van der Waals surface area contributed by atoms with Crippen molar-refractivity contribution in [3.8, 4) is 16.5 Å². The first-order valence-corrected chi connectivity index (χ1v) is 11.4. The molecule has 0 atom stereocenters. The van der Waals surface area contributed by atoms with Gasteiger partial charge in [-0.1, -0.05) is 18.2 Å². The SMILES string of the molecule is O=C(Nc1cc(-c2cccs2)nn1-c1nc2c(c(=O)[nH]1)CCC2)c1ccccc1I. The van der Waals surface area contributed by atoms with Gasteiger partial charge in [-0.3, -0.25) is 14.6 Å². The van der Waals surface area contributed by atoms with Gasteiger partial charge in [0.2, 0.25) is 5.95 Å². The van der Waals surface area contributed by atoms with E-state index in [9.17, 15) is 9.59 Å². The molecule has 2 N–H and O–H groups in total. The van der Waals surface area contributed by atoms with E-state index in [0.717, 1.165) is 39.0 Å². The normalized spacial score (nSPS) is 12.7. The number of hydrogen-bond acceptors (Lipinski definition) is 5. The molecule has 30 heavy (non-hydrogen) atoms. The molecule has 0 fully saturated rings. The summed E-state index contributed by atoms with van der Waals surface area (Å²) < 4.78 is 2.35. The van der Waals surface area contributed by atoms with E-state index in [1.54, 1.807) is 23.5 Å². The van der Waals surface area contributed by atoms with Gasteiger partial charge >= 0.3 is 0 Å². The summed E-state index contributed by atoms with van der Waals surface area (Å²) in [5, 5.41) is 9.54. The van der Waals surface area contributed by atoms with Gasteiger partial charge in [0.05, 0.1) is 16.1 Å². The van der Waals surface area contributed by atoms with E-state index in [0.29, 0.717) is 23.0 Å². The van der Waals surface area contributed by atoms with Gasteiger partial charge in [0.1, 0.15) is 11.5 Å². The quantitative estimate of drug-likeness (QED) is 0.391. The van der Waals surface area contributed by atoms with E-state index in [4.69, 9.17) is 0 Å². The molecule has 0 radical (unpaired) electrons. The van der Waals surface area contributed by atoms with Crippen molar-refractivity contribution in [3.05, 3.63) is 78.6 Å². The predicted molar refractivity (Wildman–Crippen MR) is 124 cm³/mol. The Balaban J connectivity index is 1.60. The molecule has 0 saturated heterocycles. The smallest absolute Gasteiger partial charge is 0.257 e. The first kappa shape index (κ1) is 19.2. The summed E-state index contributed by atoms with van der Waals surface area (Å²) in [5.74, 6) is 0.507. The molecule has 0 spiro atoms. The lowest BCUT2D eigenvalue weighted by molar-refractivity contribution is 0.102. The van der Waals surface area contributed by atoms with Crippen LogP contribution >= 0.6 is 33.9 Å². The van der Waals surface area contributed by atoms with Gasteiger partial charge in [-0.25, -0.2) is 4.98 Å². The number of fused-ring (bicyclic) bond motifs is 1. The number of aromatic nitrogens is 4. The molecular formula is C21H16IN5O2S. The Labute approximate surface area is 189 Å². The summed E-state index contributed by atoms with van der Waals surface area (Å²) in [7, 11) is 0. The number of benzene rings is 1. The molecule has 4 aromatic rings. The van der Waals surface area contributed by atoms with Gasteiger partial charge in [-0.15, -0.1) is 11.3 Å². The van der Waals surface area contributed by atoms with Crippen LogP contribution in [0.1, 0.15) is 28.0 Å². The Morgan fingerprint density at radius 3 is 2.87 bits per heavy atom. The van der Waals surface area contributed by atoms with Crippen LogP contribution in [0.4, 0.5) is 5.82 Å². The maximum atomic E-state index is 12.9. The molecule has 1 aliphatic rings. The van der Waals surface area contributed by atoms with Gasteiger partial charge in [-0.05, 0) is 65.4 Å². The first-order valence-electron chi connectivity index (χ1n) is 9.42. The largest absolute Gasteiger partial charge is 0.306 e. The highest BCUT2D eigenvalue weighted by atomic mass is 127. The number of H-pyrrole nitrogens is 1. The van der Waals surface area contributed by atoms with E-state index < -0.39 is 0 Å². The maximum Gasteiger partial charge on any atom is 0.257 e. The third-order valence-electron chi connectivity index (χ3n) is 4.97. The minimum atomic E-state index is -0.248. The zero-order valence-corrected chi connectivity index (χ0v) is 18.7. The highest BCUT2D eigenvalue weighted by Gasteiger charge is 2.21. The minimum absolute atomic E-state index is 0.143. The number of nitrogens with zero attached hydrogens (tertiary/aromatic N) is 3. The molecule has 5 rings (SSSR count). The van der Waals surface area contributed by atoms with E-state index in [1.165, 1.54) is 4.68 Å². The number of hydrogen-bond donors (Lipinski definition) is 2. The Kier molecular flexibility index (Phi) is 4.99. The van der Waals surface area contributed by atoms with Gasteiger partial charge in [0.15, 0.2) is 0 Å². The molecule has 0 bridgehead atoms. The van der Waals surface area contributed by atoms with Gasteiger partial charge < -0.3 is 5.32 Å². The molecule has 0 aliphatic heterocycles. The van der Waals surface area contributed by atoms with E-state index in [-0.39, 0.29) is 11.5 Å². The molecule has 3 heterocycles. The van der Waals surface area contributed by atoms with E-state index in [1.807, 2.05) is 35.7 Å². The third-order valence-corrected chi connectivity index (χ3v) is 6.81. The average molecular weight is 529 g/mol. The lowest BCUT2D eigenvalue weighted by atomic mass is 10.2. The second-order valence-electron chi connectivity index (χ2n) is 6.91. The number of aryl methyl sites for hydroxylation is 1. The summed E-state index contributed by atoms with van der Waals surface area (Å²) in [6.07, 6.45) is 2.44. The van der Waals surface area contributed by atoms with E-state index in [2.05, 4.69) is 43.0 Å². The molecule has 7 nitrogen and oxygen atoms in total. The number of halogens is 1. The molecule has 1 amide bonds. The fourth-order valence-electron chi connectivity index (χ4n) is 3.53. The first-order chi connectivity index (χ1) is 14.6. The van der Waals surface area contributed by atoms with Crippen molar-refractivity contribution >= 4 is 45.7 Å². The number of anilines is 1. The lowest BCUT2D eigenvalue weighted by Crippen LogP contribution is -2.21. The van der Waals surface area contributed by atoms with Crippen molar-refractivity contribution in [2.75, 3.05) is 5.32 Å². The molecular weight excluding hydrogens is 513 g/mol. The Morgan fingerprint density at radius 1 is 1.20 bits per heavy atom. The Morgan fingerprint density at radius 2 is 2.07 bits per heavy atom. The molecule has 0 unspecified atom stereocenters. The van der Waals surface area contributed by atoms with Crippen LogP contribution in [0.3, 0.4) is 0 Å². The van der Waals surface area contributed by atoms with Crippen molar-refractivity contribution in [2.45, 2.75) is 19.3 Å². The number of carbonyl (C=O) groups excluding carboxylic acids is 1. The Hall–Kier alpha value is -2.79. The van der Waals surface area contributed by atoms with Crippen LogP contribution in [-0.2, 0) is 12.8 Å². The second kappa shape index (κ2) is 7.80. The standard InChI is InChI=1S/C21H16IN5O2S/c22-14-7-2-1-5-12(14)19(28)24-18-11-16(17-9-4-10-30-17)26-27(18)21-23-15-8-3-6-13(15)20(29)25-21/h1-2,4-5,7,9-11H,3,6,8H2,(H,24,28)(H,23,25,29). The fourth-order valence-corrected chi connectivity index (χ4v) is 4.85. The van der Waals surface area contributed by atoms with Crippen LogP contribution in [-0.4, -0.2) is 25.7 Å². The number of rotatable bonds is 4. The van der Waals surface area contributed by atoms with Crippen molar-refractivity contribution in [2.24, 2.45) is 0 Å². The monoisotopic (exact) mass is 529 g/mol. The van der Waals surface area contributed by atoms with Crippen molar-refractivity contribution < 1.29 is 4.79 Å². The van der Waals surface area contributed by atoms with Gasteiger partial charge in [0.25, 0.3) is 11.5 Å². The minimum Gasteiger partial charge on any atom is -0.306 e. The van der Waals surface area contributed by atoms with Gasteiger partial charge in [-0.2, -0.15) is 9.78 Å². The summed E-state index contributed by atoms with van der Waals surface area (Å²) in [6, 6.07) is 13.1. The van der Waals surface area contributed by atoms with Gasteiger partial charge in [0, 0.05) is 15.2 Å². The van der Waals surface area contributed by atoms with Crippen LogP contribution in [0.15, 0.2) is 52.6 Å². The number of carbonyl (C=O) groups is 1. The molecule has 1 aliphatic carbocycles. The summed E-state index contributed by atoms with van der Waals surface area (Å²) in [6.45, 7) is 0. The number of thiophene rings is 1. The Bertz CT molecular complexity index is 1310. The summed E-state index contributed by atoms with van der Waals surface area (Å²) in [5.41, 5.74) is 2.67. The maximum absolute atomic E-state index is 12.9. The number of amides is 1. The van der Waals surface area contributed by atoms with Crippen molar-refractivity contribution in [3.63, 3.8) is 0 Å². The zero-order chi connectivity index (χ0) is 20.7. The zero-order valence-electron chi connectivity index (χ0n) is 15.7. The van der Waals surface area contributed by atoms with Crippen molar-refractivity contribution in [1.82, 2.24) is 19.7 Å². The average Bonchev–Trinajstić information content (AvgIpc) is 3.48. The second-order valence-corrected chi connectivity index (χ2v) is 9.02. The lowest BCUT2D eigenvalue weighted by Gasteiger charge is -2.10.